The van der Waals surface area contributed by atoms with Crippen LogP contribution < -0.4 is 4.72 Å². The normalized spacial score (nSPS) is 16.4. The summed E-state index contributed by atoms with van der Waals surface area (Å²) in [5.41, 5.74) is 3.76. The van der Waals surface area contributed by atoms with Gasteiger partial charge in [-0.15, -0.1) is 11.3 Å². The van der Waals surface area contributed by atoms with Crippen molar-refractivity contribution in [3.05, 3.63) is 87.6 Å². The minimum atomic E-state index is -3.33. The van der Waals surface area contributed by atoms with Crippen LogP contribution in [0.3, 0.4) is 0 Å². The lowest BCUT2D eigenvalue weighted by molar-refractivity contribution is 0.0713. The molecular formula is C22H21N3O3S2. The number of nitrogens with zero attached hydrogens (tertiary/aromatic N) is 2. The van der Waals surface area contributed by atoms with E-state index in [1.807, 2.05) is 54.8 Å². The number of anilines is 1. The molecule has 6 nitrogen and oxygen atoms in total. The molecule has 3 aromatic rings. The Labute approximate surface area is 179 Å². The molecule has 0 radical (unpaired) electrons. The van der Waals surface area contributed by atoms with E-state index in [-0.39, 0.29) is 11.9 Å². The van der Waals surface area contributed by atoms with Crippen molar-refractivity contribution in [2.45, 2.75) is 19.4 Å². The molecule has 30 heavy (non-hydrogen) atoms. The lowest BCUT2D eigenvalue weighted by atomic mass is 10.0. The Bertz CT molecular complexity index is 1200. The van der Waals surface area contributed by atoms with Crippen molar-refractivity contribution in [2.75, 3.05) is 11.0 Å². The molecule has 2 aromatic carbocycles. The van der Waals surface area contributed by atoms with Gasteiger partial charge in [-0.25, -0.2) is 13.4 Å². The Hall–Kier alpha value is -2.97. The first-order chi connectivity index (χ1) is 14.3. The molecule has 8 heteroatoms. The summed E-state index contributed by atoms with van der Waals surface area (Å²) in [7, 11) is -3.33. The molecule has 154 valence electrons. The molecule has 1 amide bonds. The number of amides is 1. The van der Waals surface area contributed by atoms with Gasteiger partial charge in [0, 0.05) is 22.5 Å². The van der Waals surface area contributed by atoms with Gasteiger partial charge in [-0.1, -0.05) is 35.9 Å². The standard InChI is InChI=1S/C22H21N3O3S2/c1-15-5-3-6-17(13-15)22(26)25-20(21-7-4-12-29-21)14-19(23-25)16-8-10-18(11-9-16)24-30(2,27)28/h3-13,20,24H,14H2,1-2H3/t20-/m1/s1. The maximum atomic E-state index is 13.2. The number of nitrogens with one attached hydrogen (secondary N) is 1. The number of carbonyl (C=O) groups excluding carboxylic acids is 1. The predicted molar refractivity (Wildman–Crippen MR) is 120 cm³/mol. The Balaban J connectivity index is 1.66. The molecule has 4 rings (SSSR count). The van der Waals surface area contributed by atoms with E-state index in [1.165, 1.54) is 0 Å². The highest BCUT2D eigenvalue weighted by atomic mass is 32.2. The van der Waals surface area contributed by atoms with Gasteiger partial charge in [0.25, 0.3) is 5.91 Å². The largest absolute Gasteiger partial charge is 0.284 e. The average Bonchev–Trinajstić information content (AvgIpc) is 3.36. The van der Waals surface area contributed by atoms with Crippen LogP contribution in [0.1, 0.15) is 38.8 Å². The minimum absolute atomic E-state index is 0.137. The van der Waals surface area contributed by atoms with Crippen LogP contribution in [0.2, 0.25) is 0 Å². The van der Waals surface area contributed by atoms with Crippen molar-refractivity contribution >= 4 is 38.7 Å². The fourth-order valence-electron chi connectivity index (χ4n) is 3.43. The molecule has 1 aliphatic rings. The van der Waals surface area contributed by atoms with E-state index < -0.39 is 10.0 Å². The fourth-order valence-corrected chi connectivity index (χ4v) is 4.81. The number of benzene rings is 2. The summed E-state index contributed by atoms with van der Waals surface area (Å²) < 4.78 is 25.3. The number of hydrogen-bond donors (Lipinski definition) is 1. The van der Waals surface area contributed by atoms with Crippen LogP contribution in [0.5, 0.6) is 0 Å². The lowest BCUT2D eigenvalue weighted by Gasteiger charge is -2.20. The molecule has 0 unspecified atom stereocenters. The highest BCUT2D eigenvalue weighted by Gasteiger charge is 2.34. The summed E-state index contributed by atoms with van der Waals surface area (Å²) in [5.74, 6) is -0.137. The van der Waals surface area contributed by atoms with Crippen LogP contribution in [-0.2, 0) is 10.0 Å². The van der Waals surface area contributed by atoms with Crippen molar-refractivity contribution < 1.29 is 13.2 Å². The Morgan fingerprint density at radius 3 is 2.53 bits per heavy atom. The zero-order chi connectivity index (χ0) is 21.3. The van der Waals surface area contributed by atoms with Crippen molar-refractivity contribution in [3.8, 4) is 0 Å². The highest BCUT2D eigenvalue weighted by molar-refractivity contribution is 7.92. The van der Waals surface area contributed by atoms with Gasteiger partial charge >= 0.3 is 0 Å². The summed E-state index contributed by atoms with van der Waals surface area (Å²) >= 11 is 1.60. The fraction of sp³-hybridized carbons (Fsp3) is 0.182. The van der Waals surface area contributed by atoms with Gasteiger partial charge in [-0.3, -0.25) is 9.52 Å². The van der Waals surface area contributed by atoms with E-state index in [0.29, 0.717) is 17.7 Å². The van der Waals surface area contributed by atoms with E-state index in [1.54, 1.807) is 34.5 Å². The Morgan fingerprint density at radius 2 is 1.90 bits per heavy atom. The second-order valence-corrected chi connectivity index (χ2v) is 9.98. The van der Waals surface area contributed by atoms with E-state index in [0.717, 1.165) is 28.0 Å². The van der Waals surface area contributed by atoms with Crippen molar-refractivity contribution in [1.29, 1.82) is 0 Å². The first-order valence-corrected chi connectivity index (χ1v) is 12.2. The SMILES string of the molecule is Cc1cccc(C(=O)N2N=C(c3ccc(NS(C)(=O)=O)cc3)C[C@@H]2c2cccs2)c1. The molecule has 0 fully saturated rings. The van der Waals surface area contributed by atoms with Crippen LogP contribution in [0.25, 0.3) is 0 Å². The van der Waals surface area contributed by atoms with Crippen LogP contribution in [0, 0.1) is 6.92 Å². The molecule has 1 aliphatic heterocycles. The molecule has 1 N–H and O–H groups in total. The van der Waals surface area contributed by atoms with Gasteiger partial charge in [0.05, 0.1) is 18.0 Å². The van der Waals surface area contributed by atoms with Crippen LogP contribution in [0.15, 0.2) is 71.1 Å². The zero-order valence-corrected chi connectivity index (χ0v) is 18.2. The summed E-state index contributed by atoms with van der Waals surface area (Å²) in [4.78, 5) is 14.3. The first kappa shape index (κ1) is 20.3. The second kappa shape index (κ2) is 8.04. The van der Waals surface area contributed by atoms with E-state index in [4.69, 9.17) is 0 Å². The highest BCUT2D eigenvalue weighted by Crippen LogP contribution is 2.36. The first-order valence-electron chi connectivity index (χ1n) is 9.39. The Morgan fingerprint density at radius 1 is 1.13 bits per heavy atom. The third kappa shape index (κ3) is 4.44. The number of hydrogen-bond acceptors (Lipinski definition) is 5. The molecule has 1 aromatic heterocycles. The number of hydrazone groups is 1. The molecular weight excluding hydrogens is 418 g/mol. The van der Waals surface area contributed by atoms with E-state index >= 15 is 0 Å². The van der Waals surface area contributed by atoms with Gasteiger partial charge in [0.2, 0.25) is 10.0 Å². The molecule has 1 atom stereocenters. The average molecular weight is 440 g/mol. The van der Waals surface area contributed by atoms with Gasteiger partial charge in [0.1, 0.15) is 0 Å². The maximum Gasteiger partial charge on any atom is 0.274 e. The molecule has 0 saturated carbocycles. The van der Waals surface area contributed by atoms with E-state index in [2.05, 4.69) is 9.82 Å². The summed E-state index contributed by atoms with van der Waals surface area (Å²) in [6, 6.07) is 18.4. The van der Waals surface area contributed by atoms with Crippen LogP contribution in [0.4, 0.5) is 5.69 Å². The molecule has 2 heterocycles. The van der Waals surface area contributed by atoms with Crippen molar-refractivity contribution in [2.24, 2.45) is 5.10 Å². The lowest BCUT2D eigenvalue weighted by Crippen LogP contribution is -2.26. The molecule has 0 aliphatic carbocycles. The molecule has 0 bridgehead atoms. The minimum Gasteiger partial charge on any atom is -0.284 e. The third-order valence-corrected chi connectivity index (χ3v) is 6.36. The summed E-state index contributed by atoms with van der Waals surface area (Å²) in [6.45, 7) is 1.96. The van der Waals surface area contributed by atoms with Crippen molar-refractivity contribution in [3.63, 3.8) is 0 Å². The maximum absolute atomic E-state index is 13.2. The number of rotatable bonds is 5. The van der Waals surface area contributed by atoms with Gasteiger partial charge < -0.3 is 0 Å². The third-order valence-electron chi connectivity index (χ3n) is 4.78. The number of thiophene rings is 1. The van der Waals surface area contributed by atoms with Gasteiger partial charge in [-0.2, -0.15) is 5.10 Å². The number of carbonyl (C=O) groups is 1. The number of aryl methyl sites for hydroxylation is 1. The monoisotopic (exact) mass is 439 g/mol. The second-order valence-electron chi connectivity index (χ2n) is 7.25. The van der Waals surface area contributed by atoms with Gasteiger partial charge in [0.15, 0.2) is 0 Å². The predicted octanol–water partition coefficient (Wildman–Crippen LogP) is 4.42. The Kier molecular flexibility index (Phi) is 5.44. The van der Waals surface area contributed by atoms with Gasteiger partial charge in [-0.05, 0) is 48.2 Å². The van der Waals surface area contributed by atoms with E-state index in [9.17, 15) is 13.2 Å². The smallest absolute Gasteiger partial charge is 0.274 e. The van der Waals surface area contributed by atoms with Crippen molar-refractivity contribution in [1.82, 2.24) is 5.01 Å². The number of sulfonamides is 1. The summed E-state index contributed by atoms with van der Waals surface area (Å²) in [6.07, 6.45) is 1.71. The zero-order valence-electron chi connectivity index (χ0n) is 16.6. The van der Waals surface area contributed by atoms with Crippen LogP contribution >= 0.6 is 11.3 Å². The quantitative estimate of drug-likeness (QED) is 0.639. The summed E-state index contributed by atoms with van der Waals surface area (Å²) in [5, 5.41) is 8.24. The van der Waals surface area contributed by atoms with Crippen LogP contribution in [-0.4, -0.2) is 31.3 Å². The topological polar surface area (TPSA) is 78.8 Å². The molecule has 0 saturated heterocycles. The molecule has 0 spiro atoms.